The second kappa shape index (κ2) is 8.54. The summed E-state index contributed by atoms with van der Waals surface area (Å²) < 4.78 is 13.0. The van der Waals surface area contributed by atoms with Crippen molar-refractivity contribution in [2.24, 2.45) is 0 Å². The molecule has 1 rings (SSSR count). The number of halogens is 1. The molecule has 0 aromatic heterocycles. The molecule has 0 amide bonds. The van der Waals surface area contributed by atoms with Gasteiger partial charge in [0.05, 0.1) is 0 Å². The molecule has 0 radical (unpaired) electrons. The maximum absolute atomic E-state index is 13.0. The largest absolute Gasteiger partial charge is 0.313 e. The van der Waals surface area contributed by atoms with Gasteiger partial charge in [-0.05, 0) is 37.6 Å². The molecule has 0 aliphatic rings. The monoisotopic (exact) mass is 255 g/mol. The van der Waals surface area contributed by atoms with E-state index in [1.807, 2.05) is 6.07 Å². The fourth-order valence-corrected chi connectivity index (χ4v) is 2.74. The van der Waals surface area contributed by atoms with Crippen molar-refractivity contribution < 1.29 is 4.39 Å². The average Bonchev–Trinajstić information content (AvgIpc) is 2.33. The molecule has 1 N–H and O–H groups in total. The van der Waals surface area contributed by atoms with Crippen molar-refractivity contribution in [3.63, 3.8) is 0 Å². The summed E-state index contributed by atoms with van der Waals surface area (Å²) in [6.07, 6.45) is 3.53. The number of nitrogens with one attached hydrogen (secondary N) is 1. The summed E-state index contributed by atoms with van der Waals surface area (Å²) in [4.78, 5) is 1.02. The number of hydrogen-bond donors (Lipinski definition) is 1. The number of rotatable bonds is 8. The lowest BCUT2D eigenvalue weighted by molar-refractivity contribution is 0.514. The van der Waals surface area contributed by atoms with Crippen molar-refractivity contribution in [2.75, 3.05) is 12.3 Å². The van der Waals surface area contributed by atoms with Crippen molar-refractivity contribution >= 4 is 11.8 Å². The molecule has 17 heavy (non-hydrogen) atoms. The van der Waals surface area contributed by atoms with Gasteiger partial charge >= 0.3 is 0 Å². The SMILES string of the molecule is CCCNC(CCC)CSc1cccc(F)c1. The molecule has 0 spiro atoms. The summed E-state index contributed by atoms with van der Waals surface area (Å²) >= 11 is 1.73. The predicted octanol–water partition coefficient (Wildman–Crippen LogP) is 4.09. The van der Waals surface area contributed by atoms with Crippen molar-refractivity contribution in [3.8, 4) is 0 Å². The topological polar surface area (TPSA) is 12.0 Å². The van der Waals surface area contributed by atoms with E-state index in [1.165, 1.54) is 18.9 Å². The zero-order chi connectivity index (χ0) is 12.5. The highest BCUT2D eigenvalue weighted by molar-refractivity contribution is 7.99. The van der Waals surface area contributed by atoms with Crippen LogP contribution in [0.5, 0.6) is 0 Å². The van der Waals surface area contributed by atoms with Gasteiger partial charge in [0.25, 0.3) is 0 Å². The molecule has 1 unspecified atom stereocenters. The van der Waals surface area contributed by atoms with Gasteiger partial charge in [0.2, 0.25) is 0 Å². The van der Waals surface area contributed by atoms with Crippen LogP contribution in [0.1, 0.15) is 33.1 Å². The van der Waals surface area contributed by atoms with Crippen molar-refractivity contribution in [2.45, 2.75) is 44.0 Å². The summed E-state index contributed by atoms with van der Waals surface area (Å²) in [6, 6.07) is 7.37. The molecule has 1 atom stereocenters. The van der Waals surface area contributed by atoms with Crippen LogP contribution in [-0.2, 0) is 0 Å². The van der Waals surface area contributed by atoms with E-state index >= 15 is 0 Å². The molecule has 1 nitrogen and oxygen atoms in total. The van der Waals surface area contributed by atoms with Crippen LogP contribution in [0.25, 0.3) is 0 Å². The Morgan fingerprint density at radius 1 is 1.29 bits per heavy atom. The van der Waals surface area contributed by atoms with Gasteiger partial charge in [0.1, 0.15) is 5.82 Å². The quantitative estimate of drug-likeness (QED) is 0.702. The number of thioether (sulfide) groups is 1. The predicted molar refractivity (Wildman–Crippen MR) is 74.1 cm³/mol. The Hall–Kier alpha value is -0.540. The van der Waals surface area contributed by atoms with E-state index in [2.05, 4.69) is 19.2 Å². The maximum Gasteiger partial charge on any atom is 0.124 e. The van der Waals surface area contributed by atoms with Crippen LogP contribution in [0.15, 0.2) is 29.2 Å². The molecule has 0 fully saturated rings. The summed E-state index contributed by atoms with van der Waals surface area (Å²) in [5, 5.41) is 3.54. The van der Waals surface area contributed by atoms with Gasteiger partial charge in [-0.15, -0.1) is 11.8 Å². The zero-order valence-corrected chi connectivity index (χ0v) is 11.5. The van der Waals surface area contributed by atoms with E-state index in [1.54, 1.807) is 23.9 Å². The molecular formula is C14H22FNS. The van der Waals surface area contributed by atoms with Gasteiger partial charge in [0, 0.05) is 16.7 Å². The standard InChI is InChI=1S/C14H22FNS/c1-3-6-13(16-9-4-2)11-17-14-8-5-7-12(15)10-14/h5,7-8,10,13,16H,3-4,6,9,11H2,1-2H3. The van der Waals surface area contributed by atoms with Gasteiger partial charge in [0.15, 0.2) is 0 Å². The van der Waals surface area contributed by atoms with Crippen molar-refractivity contribution in [1.29, 1.82) is 0 Å². The van der Waals surface area contributed by atoms with E-state index in [0.29, 0.717) is 6.04 Å². The lowest BCUT2D eigenvalue weighted by atomic mass is 10.2. The molecule has 1 aromatic rings. The Morgan fingerprint density at radius 3 is 2.76 bits per heavy atom. The molecule has 1 aromatic carbocycles. The van der Waals surface area contributed by atoms with Crippen LogP contribution < -0.4 is 5.32 Å². The molecule has 3 heteroatoms. The minimum Gasteiger partial charge on any atom is -0.313 e. The number of hydrogen-bond acceptors (Lipinski definition) is 2. The van der Waals surface area contributed by atoms with Crippen LogP contribution in [0.2, 0.25) is 0 Å². The van der Waals surface area contributed by atoms with E-state index in [4.69, 9.17) is 0 Å². The first-order valence-corrected chi connectivity index (χ1v) is 7.36. The molecule has 0 aliphatic heterocycles. The Balaban J connectivity index is 2.39. The zero-order valence-electron chi connectivity index (χ0n) is 10.7. The summed E-state index contributed by atoms with van der Waals surface area (Å²) in [5.41, 5.74) is 0. The summed E-state index contributed by atoms with van der Waals surface area (Å²) in [5.74, 6) is 0.862. The highest BCUT2D eigenvalue weighted by Crippen LogP contribution is 2.20. The third-order valence-corrected chi connectivity index (χ3v) is 3.72. The van der Waals surface area contributed by atoms with E-state index in [0.717, 1.165) is 23.6 Å². The Morgan fingerprint density at radius 2 is 2.12 bits per heavy atom. The molecule has 0 saturated heterocycles. The van der Waals surface area contributed by atoms with Crippen LogP contribution in [-0.4, -0.2) is 18.3 Å². The summed E-state index contributed by atoms with van der Waals surface area (Å²) in [6.45, 7) is 5.44. The smallest absolute Gasteiger partial charge is 0.124 e. The lowest BCUT2D eigenvalue weighted by Gasteiger charge is -2.17. The van der Waals surface area contributed by atoms with E-state index < -0.39 is 0 Å². The van der Waals surface area contributed by atoms with Crippen LogP contribution >= 0.6 is 11.8 Å². The van der Waals surface area contributed by atoms with Crippen molar-refractivity contribution in [1.82, 2.24) is 5.32 Å². The highest BCUT2D eigenvalue weighted by Gasteiger charge is 2.07. The number of benzene rings is 1. The van der Waals surface area contributed by atoms with Gasteiger partial charge in [-0.25, -0.2) is 4.39 Å². The second-order valence-electron chi connectivity index (χ2n) is 4.21. The minimum atomic E-state index is -0.149. The lowest BCUT2D eigenvalue weighted by Crippen LogP contribution is -2.31. The Kier molecular flexibility index (Phi) is 7.29. The van der Waals surface area contributed by atoms with Gasteiger partial charge < -0.3 is 5.32 Å². The third kappa shape index (κ3) is 6.08. The fourth-order valence-electron chi connectivity index (χ4n) is 1.69. The molecule has 96 valence electrons. The molecule has 0 aliphatic carbocycles. The molecular weight excluding hydrogens is 233 g/mol. The van der Waals surface area contributed by atoms with E-state index in [9.17, 15) is 4.39 Å². The second-order valence-corrected chi connectivity index (χ2v) is 5.30. The summed E-state index contributed by atoms with van der Waals surface area (Å²) in [7, 11) is 0. The van der Waals surface area contributed by atoms with Gasteiger partial charge in [-0.3, -0.25) is 0 Å². The first kappa shape index (κ1) is 14.5. The van der Waals surface area contributed by atoms with Crippen LogP contribution in [0.4, 0.5) is 4.39 Å². The maximum atomic E-state index is 13.0. The highest BCUT2D eigenvalue weighted by atomic mass is 32.2. The van der Waals surface area contributed by atoms with Gasteiger partial charge in [-0.2, -0.15) is 0 Å². The molecule has 0 saturated carbocycles. The third-order valence-electron chi connectivity index (χ3n) is 2.57. The van der Waals surface area contributed by atoms with Crippen molar-refractivity contribution in [3.05, 3.63) is 30.1 Å². The first-order chi connectivity index (χ1) is 8.26. The molecule has 0 bridgehead atoms. The Labute approximate surface area is 108 Å². The fraction of sp³-hybridized carbons (Fsp3) is 0.571. The normalized spacial score (nSPS) is 12.6. The van der Waals surface area contributed by atoms with Crippen LogP contribution in [0.3, 0.4) is 0 Å². The molecule has 0 heterocycles. The van der Waals surface area contributed by atoms with Crippen LogP contribution in [0, 0.1) is 5.82 Å². The van der Waals surface area contributed by atoms with Gasteiger partial charge in [-0.1, -0.05) is 26.3 Å². The Bertz CT molecular complexity index is 317. The van der Waals surface area contributed by atoms with E-state index in [-0.39, 0.29) is 5.82 Å². The first-order valence-electron chi connectivity index (χ1n) is 6.38. The average molecular weight is 255 g/mol. The minimum absolute atomic E-state index is 0.149.